The van der Waals surface area contributed by atoms with Crippen LogP contribution in [0.3, 0.4) is 0 Å². The molecule has 1 saturated heterocycles. The van der Waals surface area contributed by atoms with E-state index in [1.165, 1.54) is 11.3 Å². The Morgan fingerprint density at radius 1 is 1.59 bits per heavy atom. The Morgan fingerprint density at radius 2 is 2.47 bits per heavy atom. The van der Waals surface area contributed by atoms with Gasteiger partial charge in [-0.25, -0.2) is 0 Å². The second kappa shape index (κ2) is 6.38. The minimum absolute atomic E-state index is 0.145. The minimum Gasteiger partial charge on any atom is -0.356 e. The third-order valence-electron chi connectivity index (χ3n) is 2.92. The predicted molar refractivity (Wildman–Crippen MR) is 71.7 cm³/mol. The van der Waals surface area contributed by atoms with Crippen LogP contribution in [0, 0.1) is 0 Å². The van der Waals surface area contributed by atoms with Crippen LogP contribution in [0.1, 0.15) is 24.1 Å². The van der Waals surface area contributed by atoms with Crippen LogP contribution in [-0.4, -0.2) is 25.0 Å². The first-order valence-corrected chi connectivity index (χ1v) is 7.18. The third kappa shape index (κ3) is 4.30. The van der Waals surface area contributed by atoms with E-state index in [1.54, 1.807) is 11.3 Å². The fourth-order valence-electron chi connectivity index (χ4n) is 2.04. The number of amides is 1. The number of rotatable bonds is 5. The molecule has 0 aliphatic carbocycles. The molecule has 1 fully saturated rings. The molecule has 1 aliphatic rings. The smallest absolute Gasteiger partial charge is 0.221 e. The first kappa shape index (κ1) is 12.9. The summed E-state index contributed by atoms with van der Waals surface area (Å²) in [5, 5.41) is 6.27. The van der Waals surface area contributed by atoms with Crippen LogP contribution in [0.5, 0.6) is 0 Å². The molecular formula is C12H17ClN2OS. The molecule has 5 heteroatoms. The highest BCUT2D eigenvalue weighted by Gasteiger charge is 2.17. The van der Waals surface area contributed by atoms with Crippen molar-refractivity contribution in [2.45, 2.75) is 31.7 Å². The molecule has 0 spiro atoms. The summed E-state index contributed by atoms with van der Waals surface area (Å²) in [5.41, 5.74) is 0. The van der Waals surface area contributed by atoms with E-state index in [2.05, 4.69) is 10.6 Å². The van der Waals surface area contributed by atoms with Crippen LogP contribution in [0.25, 0.3) is 0 Å². The summed E-state index contributed by atoms with van der Waals surface area (Å²) in [6.45, 7) is 1.74. The molecule has 1 aliphatic heterocycles. The second-order valence-corrected chi connectivity index (χ2v) is 6.10. The molecule has 1 aromatic rings. The van der Waals surface area contributed by atoms with Gasteiger partial charge in [0, 0.05) is 23.9 Å². The molecule has 2 N–H and O–H groups in total. The fraction of sp³-hybridized carbons (Fsp3) is 0.583. The number of halogens is 1. The SMILES string of the molecule is O=C(CC1CCCN1)NCCc1ccc(Cl)s1. The van der Waals surface area contributed by atoms with Gasteiger partial charge >= 0.3 is 0 Å². The average molecular weight is 273 g/mol. The maximum Gasteiger partial charge on any atom is 0.221 e. The Hall–Kier alpha value is -0.580. The number of nitrogens with one attached hydrogen (secondary N) is 2. The van der Waals surface area contributed by atoms with Gasteiger partial charge in [0.15, 0.2) is 0 Å². The summed E-state index contributed by atoms with van der Waals surface area (Å²) < 4.78 is 0.807. The fourth-order valence-corrected chi connectivity index (χ4v) is 3.13. The molecule has 0 radical (unpaired) electrons. The van der Waals surface area contributed by atoms with E-state index in [0.717, 1.165) is 23.7 Å². The maximum atomic E-state index is 11.6. The van der Waals surface area contributed by atoms with E-state index < -0.39 is 0 Å². The van der Waals surface area contributed by atoms with Gasteiger partial charge in [0.05, 0.1) is 4.34 Å². The molecule has 1 unspecified atom stereocenters. The van der Waals surface area contributed by atoms with Gasteiger partial charge in [-0.1, -0.05) is 11.6 Å². The lowest BCUT2D eigenvalue weighted by Gasteiger charge is -2.09. The Kier molecular flexibility index (Phi) is 4.83. The normalized spacial score (nSPS) is 19.5. The molecule has 0 saturated carbocycles. The number of carbonyl (C=O) groups is 1. The highest BCUT2D eigenvalue weighted by Crippen LogP contribution is 2.21. The van der Waals surface area contributed by atoms with Crippen molar-refractivity contribution in [1.82, 2.24) is 10.6 Å². The molecule has 2 heterocycles. The summed E-state index contributed by atoms with van der Waals surface area (Å²) in [5.74, 6) is 0.145. The summed E-state index contributed by atoms with van der Waals surface area (Å²) in [4.78, 5) is 12.8. The van der Waals surface area contributed by atoms with Crippen LogP contribution in [-0.2, 0) is 11.2 Å². The van der Waals surface area contributed by atoms with E-state index in [4.69, 9.17) is 11.6 Å². The molecule has 2 rings (SSSR count). The molecule has 3 nitrogen and oxygen atoms in total. The monoisotopic (exact) mass is 272 g/mol. The Bertz CT molecular complexity index is 374. The van der Waals surface area contributed by atoms with Crippen molar-refractivity contribution in [2.24, 2.45) is 0 Å². The lowest BCUT2D eigenvalue weighted by Crippen LogP contribution is -2.32. The van der Waals surface area contributed by atoms with Gasteiger partial charge in [0.25, 0.3) is 0 Å². The van der Waals surface area contributed by atoms with Gasteiger partial charge < -0.3 is 10.6 Å². The number of carbonyl (C=O) groups excluding carboxylic acids is 1. The Balaban J connectivity index is 1.62. The Morgan fingerprint density at radius 3 is 3.12 bits per heavy atom. The van der Waals surface area contributed by atoms with Crippen LogP contribution >= 0.6 is 22.9 Å². The highest BCUT2D eigenvalue weighted by atomic mass is 35.5. The molecule has 94 valence electrons. The van der Waals surface area contributed by atoms with E-state index >= 15 is 0 Å². The van der Waals surface area contributed by atoms with Crippen molar-refractivity contribution >= 4 is 28.8 Å². The van der Waals surface area contributed by atoms with Crippen LogP contribution < -0.4 is 10.6 Å². The zero-order chi connectivity index (χ0) is 12.1. The topological polar surface area (TPSA) is 41.1 Å². The van der Waals surface area contributed by atoms with E-state index in [1.807, 2.05) is 12.1 Å². The number of hydrogen-bond donors (Lipinski definition) is 2. The summed E-state index contributed by atoms with van der Waals surface area (Å²) in [6, 6.07) is 4.29. The van der Waals surface area contributed by atoms with Gasteiger partial charge in [-0.3, -0.25) is 4.79 Å². The Labute approximate surface area is 111 Å². The van der Waals surface area contributed by atoms with Crippen molar-refractivity contribution in [2.75, 3.05) is 13.1 Å². The zero-order valence-corrected chi connectivity index (χ0v) is 11.2. The minimum atomic E-state index is 0.145. The highest BCUT2D eigenvalue weighted by molar-refractivity contribution is 7.16. The first-order chi connectivity index (χ1) is 8.24. The number of hydrogen-bond acceptors (Lipinski definition) is 3. The molecule has 0 aromatic carbocycles. The van der Waals surface area contributed by atoms with Gasteiger partial charge in [0.2, 0.25) is 5.91 Å². The lowest BCUT2D eigenvalue weighted by atomic mass is 10.1. The third-order valence-corrected chi connectivity index (χ3v) is 4.21. The van der Waals surface area contributed by atoms with Gasteiger partial charge in [-0.05, 0) is 37.9 Å². The van der Waals surface area contributed by atoms with Gasteiger partial charge in [0.1, 0.15) is 0 Å². The first-order valence-electron chi connectivity index (χ1n) is 5.98. The van der Waals surface area contributed by atoms with Crippen molar-refractivity contribution in [3.05, 3.63) is 21.3 Å². The quantitative estimate of drug-likeness (QED) is 0.863. The summed E-state index contributed by atoms with van der Waals surface area (Å²) in [6.07, 6.45) is 3.77. The lowest BCUT2D eigenvalue weighted by molar-refractivity contribution is -0.121. The van der Waals surface area contributed by atoms with Crippen molar-refractivity contribution in [3.63, 3.8) is 0 Å². The van der Waals surface area contributed by atoms with Crippen molar-refractivity contribution < 1.29 is 4.79 Å². The van der Waals surface area contributed by atoms with Crippen molar-refractivity contribution in [1.29, 1.82) is 0 Å². The standard InChI is InChI=1S/C12H17ClN2OS/c13-11-4-3-10(17-11)5-7-15-12(16)8-9-2-1-6-14-9/h3-4,9,14H,1-2,5-8H2,(H,15,16). The number of thiophene rings is 1. The van der Waals surface area contributed by atoms with Crippen molar-refractivity contribution in [3.8, 4) is 0 Å². The summed E-state index contributed by atoms with van der Waals surface area (Å²) in [7, 11) is 0. The van der Waals surface area contributed by atoms with E-state index in [9.17, 15) is 4.79 Å². The maximum absolute atomic E-state index is 11.6. The molecule has 1 atom stereocenters. The van der Waals surface area contributed by atoms with Gasteiger partial charge in [-0.2, -0.15) is 0 Å². The van der Waals surface area contributed by atoms with Crippen LogP contribution in [0.15, 0.2) is 12.1 Å². The molecular weight excluding hydrogens is 256 g/mol. The predicted octanol–water partition coefficient (Wildman–Crippen LogP) is 2.20. The van der Waals surface area contributed by atoms with Crippen LogP contribution in [0.2, 0.25) is 4.34 Å². The average Bonchev–Trinajstić information content (AvgIpc) is 2.90. The van der Waals surface area contributed by atoms with E-state index in [0.29, 0.717) is 19.0 Å². The molecule has 17 heavy (non-hydrogen) atoms. The summed E-state index contributed by atoms with van der Waals surface area (Å²) >= 11 is 7.41. The van der Waals surface area contributed by atoms with Crippen LogP contribution in [0.4, 0.5) is 0 Å². The molecule has 1 amide bonds. The zero-order valence-electron chi connectivity index (χ0n) is 9.67. The molecule has 0 bridgehead atoms. The largest absolute Gasteiger partial charge is 0.356 e. The second-order valence-electron chi connectivity index (χ2n) is 4.30. The van der Waals surface area contributed by atoms with Gasteiger partial charge in [-0.15, -0.1) is 11.3 Å². The molecule has 1 aromatic heterocycles. The van der Waals surface area contributed by atoms with E-state index in [-0.39, 0.29) is 5.91 Å².